The molecule has 0 bridgehead atoms. The van der Waals surface area contributed by atoms with Crippen LogP contribution in [0.3, 0.4) is 0 Å². The molecule has 1 unspecified atom stereocenters. The maximum Gasteiger partial charge on any atom is 0.117 e. The highest BCUT2D eigenvalue weighted by molar-refractivity contribution is 5.40. The molecule has 1 aromatic rings. The van der Waals surface area contributed by atoms with Crippen LogP contribution in [0.1, 0.15) is 24.8 Å². The third-order valence-electron chi connectivity index (χ3n) is 6.30. The normalized spacial score (nSPS) is 17.3. The Balaban J connectivity index is 1.86. The van der Waals surface area contributed by atoms with Gasteiger partial charge in [0.2, 0.25) is 0 Å². The first-order valence-corrected chi connectivity index (χ1v) is 11.9. The highest BCUT2D eigenvalue weighted by Crippen LogP contribution is 2.42. The van der Waals surface area contributed by atoms with Gasteiger partial charge in [-0.2, -0.15) is 0 Å². The van der Waals surface area contributed by atoms with Gasteiger partial charge < -0.3 is 20.5 Å². The number of ether oxygens (including phenoxy) is 1. The van der Waals surface area contributed by atoms with E-state index in [2.05, 4.69) is 31.2 Å². The highest BCUT2D eigenvalue weighted by Gasteiger charge is 2.41. The molecule has 5 N–H and O–H groups in total. The van der Waals surface area contributed by atoms with Crippen LogP contribution < -0.4 is 11.6 Å². The lowest BCUT2D eigenvalue weighted by Gasteiger charge is -2.42. The van der Waals surface area contributed by atoms with Crippen LogP contribution in [0.4, 0.5) is 0 Å². The number of hydrogen-bond acceptors (Lipinski definition) is 6. The molecular formula is C29H40N4O2. The highest BCUT2D eigenvalue weighted by atomic mass is 16.5. The summed E-state index contributed by atoms with van der Waals surface area (Å²) < 4.78 is 5.71. The van der Waals surface area contributed by atoms with Crippen molar-refractivity contribution in [1.29, 1.82) is 0 Å². The average molecular weight is 477 g/mol. The van der Waals surface area contributed by atoms with Crippen molar-refractivity contribution >= 4 is 0 Å². The molecule has 1 heterocycles. The minimum absolute atomic E-state index is 0.0934. The summed E-state index contributed by atoms with van der Waals surface area (Å²) >= 11 is 0. The van der Waals surface area contributed by atoms with Crippen molar-refractivity contribution in [1.82, 2.24) is 9.91 Å². The SMILES string of the molecule is C=C/C=C(\C=C)C(O)(c1ccccc1)C1CCN(CCCOC(=C)/C=C\C(=C)N(N)/C=C\N)CC1. The van der Waals surface area contributed by atoms with Crippen LogP contribution in [0.25, 0.3) is 0 Å². The van der Waals surface area contributed by atoms with Gasteiger partial charge in [-0.05, 0) is 61.6 Å². The zero-order chi connectivity index (χ0) is 25.7. The van der Waals surface area contributed by atoms with Crippen LogP contribution >= 0.6 is 0 Å². The molecule has 0 aliphatic carbocycles. The van der Waals surface area contributed by atoms with E-state index in [4.69, 9.17) is 16.3 Å². The number of hydrogen-bond donors (Lipinski definition) is 3. The first kappa shape index (κ1) is 27.9. The smallest absolute Gasteiger partial charge is 0.117 e. The monoisotopic (exact) mass is 476 g/mol. The molecule has 1 fully saturated rings. The third-order valence-corrected chi connectivity index (χ3v) is 6.30. The number of nitrogens with two attached hydrogens (primary N) is 2. The van der Waals surface area contributed by atoms with Crippen molar-refractivity contribution in [2.24, 2.45) is 17.5 Å². The molecule has 35 heavy (non-hydrogen) atoms. The summed E-state index contributed by atoms with van der Waals surface area (Å²) in [6, 6.07) is 9.87. The number of hydrazine groups is 1. The Bertz CT molecular complexity index is 943. The lowest BCUT2D eigenvalue weighted by Crippen LogP contribution is -2.44. The van der Waals surface area contributed by atoms with Gasteiger partial charge in [0.15, 0.2) is 0 Å². The Morgan fingerprint density at radius 1 is 1.17 bits per heavy atom. The Morgan fingerprint density at radius 2 is 1.86 bits per heavy atom. The largest absolute Gasteiger partial charge is 0.494 e. The summed E-state index contributed by atoms with van der Waals surface area (Å²) in [5.74, 6) is 6.38. The number of benzene rings is 1. The minimum atomic E-state index is -1.08. The second kappa shape index (κ2) is 14.2. The maximum atomic E-state index is 11.9. The van der Waals surface area contributed by atoms with Gasteiger partial charge in [-0.25, -0.2) is 5.84 Å². The van der Waals surface area contributed by atoms with Gasteiger partial charge in [-0.1, -0.05) is 74.9 Å². The summed E-state index contributed by atoms with van der Waals surface area (Å²) in [5, 5.41) is 13.3. The standard InChI is InChI=1S/C29H40N4O2/c1-5-11-26(6-2)29(34,27-12-8-7-9-13-27)28-16-20-32(21-17-28)19-10-23-35-25(4)15-14-24(3)33(31)22-18-30/h5-9,11-15,18,22,28,34H,1-4,10,16-17,19-21,23,30-31H2/b15-14-,22-18-,26-11+. The first-order chi connectivity index (χ1) is 16.9. The fourth-order valence-electron chi connectivity index (χ4n) is 4.39. The number of rotatable bonds is 14. The Labute approximate surface area is 210 Å². The van der Waals surface area contributed by atoms with Crippen molar-refractivity contribution in [3.8, 4) is 0 Å². The fourth-order valence-corrected chi connectivity index (χ4v) is 4.39. The summed E-state index contributed by atoms with van der Waals surface area (Å²) in [6.45, 7) is 18.8. The molecule has 1 aliphatic rings. The second-order valence-corrected chi connectivity index (χ2v) is 8.55. The Morgan fingerprint density at radius 3 is 2.46 bits per heavy atom. The van der Waals surface area contributed by atoms with E-state index in [0.29, 0.717) is 18.1 Å². The molecule has 1 saturated heterocycles. The zero-order valence-corrected chi connectivity index (χ0v) is 20.7. The van der Waals surface area contributed by atoms with Gasteiger partial charge in [0.25, 0.3) is 0 Å². The van der Waals surface area contributed by atoms with E-state index < -0.39 is 5.60 Å². The maximum absolute atomic E-state index is 11.9. The van der Waals surface area contributed by atoms with Crippen molar-refractivity contribution in [3.05, 3.63) is 122 Å². The topological polar surface area (TPSA) is 88.0 Å². The molecule has 2 rings (SSSR count). The zero-order valence-electron chi connectivity index (χ0n) is 20.7. The average Bonchev–Trinajstić information content (AvgIpc) is 2.88. The molecule has 1 aliphatic heterocycles. The van der Waals surface area contributed by atoms with Crippen LogP contribution in [0.15, 0.2) is 116 Å². The van der Waals surface area contributed by atoms with Gasteiger partial charge in [0, 0.05) is 24.6 Å². The van der Waals surface area contributed by atoms with E-state index in [1.54, 1.807) is 24.3 Å². The quantitative estimate of drug-likeness (QED) is 0.121. The molecule has 6 nitrogen and oxygen atoms in total. The minimum Gasteiger partial charge on any atom is -0.494 e. The molecule has 0 spiro atoms. The van der Waals surface area contributed by atoms with E-state index in [9.17, 15) is 5.11 Å². The number of nitrogens with zero attached hydrogens (tertiary/aromatic N) is 2. The fraction of sp³-hybridized carbons (Fsp3) is 0.310. The number of likely N-dealkylation sites (tertiary alicyclic amines) is 1. The van der Waals surface area contributed by atoms with E-state index in [1.165, 1.54) is 17.4 Å². The summed E-state index contributed by atoms with van der Waals surface area (Å²) in [4.78, 5) is 2.42. The van der Waals surface area contributed by atoms with Gasteiger partial charge in [-0.15, -0.1) is 0 Å². The van der Waals surface area contributed by atoms with Crippen molar-refractivity contribution in [3.63, 3.8) is 0 Å². The predicted octanol–water partition coefficient (Wildman–Crippen LogP) is 4.48. The molecule has 1 aromatic carbocycles. The number of aliphatic hydroxyl groups is 1. The lowest BCUT2D eigenvalue weighted by molar-refractivity contribution is -0.0153. The second-order valence-electron chi connectivity index (χ2n) is 8.55. The van der Waals surface area contributed by atoms with Crippen LogP contribution in [0, 0.1) is 5.92 Å². The lowest BCUT2D eigenvalue weighted by atomic mass is 9.71. The number of allylic oxidation sites excluding steroid dienone is 4. The molecule has 0 saturated carbocycles. The van der Waals surface area contributed by atoms with Gasteiger partial charge in [0.05, 0.1) is 6.61 Å². The van der Waals surface area contributed by atoms with Crippen LogP contribution in [-0.2, 0) is 10.3 Å². The molecule has 1 atom stereocenters. The van der Waals surface area contributed by atoms with E-state index in [-0.39, 0.29) is 5.92 Å². The number of piperidine rings is 1. The molecule has 0 amide bonds. The van der Waals surface area contributed by atoms with Crippen LogP contribution in [0.2, 0.25) is 0 Å². The molecular weight excluding hydrogens is 436 g/mol. The molecule has 0 aromatic heterocycles. The van der Waals surface area contributed by atoms with Gasteiger partial charge in [0.1, 0.15) is 11.4 Å². The molecule has 6 heteroatoms. The Hall–Kier alpha value is -3.32. The first-order valence-electron chi connectivity index (χ1n) is 11.9. The van der Waals surface area contributed by atoms with E-state index in [1.807, 2.05) is 36.4 Å². The van der Waals surface area contributed by atoms with Crippen molar-refractivity contribution < 1.29 is 9.84 Å². The van der Waals surface area contributed by atoms with E-state index in [0.717, 1.165) is 50.0 Å². The van der Waals surface area contributed by atoms with Crippen LogP contribution in [-0.4, -0.2) is 41.3 Å². The molecule has 0 radical (unpaired) electrons. The summed E-state index contributed by atoms with van der Waals surface area (Å²) in [6.07, 6.45) is 14.3. The predicted molar refractivity (Wildman–Crippen MR) is 145 cm³/mol. The third kappa shape index (κ3) is 7.86. The van der Waals surface area contributed by atoms with Gasteiger partial charge >= 0.3 is 0 Å². The molecule has 188 valence electrons. The Kier molecular flexibility index (Phi) is 11.3. The van der Waals surface area contributed by atoms with E-state index >= 15 is 0 Å². The summed E-state index contributed by atoms with van der Waals surface area (Å²) in [5.41, 5.74) is 6.48. The van der Waals surface area contributed by atoms with Crippen molar-refractivity contribution in [2.45, 2.75) is 24.9 Å². The van der Waals surface area contributed by atoms with Crippen LogP contribution in [0.5, 0.6) is 0 Å². The van der Waals surface area contributed by atoms with Gasteiger partial charge in [-0.3, -0.25) is 5.01 Å². The summed E-state index contributed by atoms with van der Waals surface area (Å²) in [7, 11) is 0. The van der Waals surface area contributed by atoms with Crippen molar-refractivity contribution in [2.75, 3.05) is 26.2 Å².